The molecular formula is C38H36N4O2. The van der Waals surface area contributed by atoms with Gasteiger partial charge in [0.2, 0.25) is 0 Å². The smallest absolute Gasteiger partial charge is 0.0897 e. The van der Waals surface area contributed by atoms with Crippen molar-refractivity contribution >= 4 is 65.8 Å². The predicted octanol–water partition coefficient (Wildman–Crippen LogP) is 6.59. The molecule has 0 atom stereocenters. The van der Waals surface area contributed by atoms with Gasteiger partial charge >= 0.3 is 0 Å². The second-order valence-electron chi connectivity index (χ2n) is 13.2. The van der Waals surface area contributed by atoms with Gasteiger partial charge in [-0.15, -0.1) is 0 Å². The number of nitrogens with zero attached hydrogens (tertiary/aromatic N) is 4. The molecule has 3 aliphatic rings. The van der Waals surface area contributed by atoms with E-state index in [0.717, 1.165) is 35.2 Å². The summed E-state index contributed by atoms with van der Waals surface area (Å²) in [6.45, 7) is 1.60. The quantitative estimate of drug-likeness (QED) is 0.226. The Labute approximate surface area is 256 Å². The highest BCUT2D eigenvalue weighted by atomic mass is 16.3. The first kappa shape index (κ1) is 25.9. The van der Waals surface area contributed by atoms with Crippen LogP contribution in [0.3, 0.4) is 0 Å². The zero-order valence-corrected chi connectivity index (χ0v) is 25.5. The number of hydrogen-bond acceptors (Lipinski definition) is 6. The number of hydrogen-bond donors (Lipinski definition) is 2. The van der Waals surface area contributed by atoms with Crippen LogP contribution in [0.4, 0.5) is 22.7 Å². The summed E-state index contributed by atoms with van der Waals surface area (Å²) in [7, 11) is 8.55. The summed E-state index contributed by atoms with van der Waals surface area (Å²) in [5.74, 6) is -0.762. The third-order valence-electron chi connectivity index (χ3n) is 10.6. The van der Waals surface area contributed by atoms with E-state index in [1.807, 2.05) is 0 Å². The van der Waals surface area contributed by atoms with E-state index in [-0.39, 0.29) is 11.8 Å². The fourth-order valence-electron chi connectivity index (χ4n) is 8.70. The molecule has 0 radical (unpaired) electrons. The highest BCUT2D eigenvalue weighted by Gasteiger charge is 2.51. The first-order chi connectivity index (χ1) is 21.3. The fourth-order valence-corrected chi connectivity index (χ4v) is 8.70. The van der Waals surface area contributed by atoms with Crippen molar-refractivity contribution in [2.75, 3.05) is 61.1 Å². The van der Waals surface area contributed by atoms with E-state index in [0.29, 0.717) is 0 Å². The van der Waals surface area contributed by atoms with Gasteiger partial charge in [0, 0.05) is 72.9 Å². The Balaban J connectivity index is 1.22. The van der Waals surface area contributed by atoms with Crippen LogP contribution in [0.15, 0.2) is 84.9 Å². The fraction of sp³-hybridized carbons (Fsp3) is 0.263. The Morgan fingerprint density at radius 2 is 0.909 bits per heavy atom. The molecule has 2 heterocycles. The molecule has 0 saturated heterocycles. The minimum atomic E-state index is -0.713. The van der Waals surface area contributed by atoms with E-state index in [4.69, 9.17) is 0 Å². The van der Waals surface area contributed by atoms with Gasteiger partial charge in [-0.1, -0.05) is 60.7 Å². The molecule has 6 aromatic rings. The molecule has 6 heteroatoms. The molecule has 1 saturated carbocycles. The summed E-state index contributed by atoms with van der Waals surface area (Å²) in [5.41, 5.74) is 6.84. The van der Waals surface area contributed by atoms with Gasteiger partial charge in [-0.2, -0.15) is 0 Å². The minimum absolute atomic E-state index is 0.381. The van der Waals surface area contributed by atoms with E-state index in [1.165, 1.54) is 55.1 Å². The topological polar surface area (TPSA) is 53.4 Å². The van der Waals surface area contributed by atoms with Gasteiger partial charge in [0.15, 0.2) is 0 Å². The van der Waals surface area contributed by atoms with E-state index >= 15 is 0 Å². The van der Waals surface area contributed by atoms with Gasteiger partial charge in [0.1, 0.15) is 0 Å². The number of fused-ring (bicyclic) bond motifs is 4. The van der Waals surface area contributed by atoms with Crippen molar-refractivity contribution in [3.63, 3.8) is 0 Å². The van der Waals surface area contributed by atoms with Crippen molar-refractivity contribution in [1.29, 1.82) is 0 Å². The summed E-state index contributed by atoms with van der Waals surface area (Å²) in [6.07, 6.45) is -1.43. The predicted molar refractivity (Wildman–Crippen MR) is 184 cm³/mol. The molecule has 2 aliphatic heterocycles. The average Bonchev–Trinajstić information content (AvgIpc) is 3.02. The number of aliphatic hydroxyl groups excluding tert-OH is 2. The first-order valence-electron chi connectivity index (χ1n) is 15.5. The molecule has 0 amide bonds. The summed E-state index contributed by atoms with van der Waals surface area (Å²) in [4.78, 5) is 9.17. The monoisotopic (exact) mass is 580 g/mol. The van der Waals surface area contributed by atoms with Gasteiger partial charge in [-0.3, -0.25) is 0 Å². The lowest BCUT2D eigenvalue weighted by Crippen LogP contribution is -2.52. The molecule has 6 aromatic carbocycles. The molecule has 44 heavy (non-hydrogen) atoms. The number of benzene rings is 6. The molecule has 0 spiro atoms. The largest absolute Gasteiger partial charge is 0.392 e. The van der Waals surface area contributed by atoms with Crippen LogP contribution in [0.2, 0.25) is 0 Å². The highest BCUT2D eigenvalue weighted by Crippen LogP contribution is 2.55. The second-order valence-corrected chi connectivity index (χ2v) is 13.2. The third-order valence-corrected chi connectivity index (χ3v) is 10.6. The van der Waals surface area contributed by atoms with Gasteiger partial charge in [-0.25, -0.2) is 0 Å². The summed E-state index contributed by atoms with van der Waals surface area (Å²) >= 11 is 0. The molecule has 0 unspecified atom stereocenters. The summed E-state index contributed by atoms with van der Waals surface area (Å²) in [6, 6.07) is 30.2. The van der Waals surface area contributed by atoms with Crippen LogP contribution < -0.4 is 19.6 Å². The van der Waals surface area contributed by atoms with Gasteiger partial charge in [0.05, 0.1) is 36.9 Å². The van der Waals surface area contributed by atoms with Crippen molar-refractivity contribution in [3.05, 3.63) is 96.1 Å². The lowest BCUT2D eigenvalue weighted by molar-refractivity contribution is -0.0775. The van der Waals surface area contributed by atoms with Crippen molar-refractivity contribution < 1.29 is 10.2 Å². The standard InChI is InChI=1S/C38H36N4O2/c1-39-19-41(3)35-23-11-7-5-9-21(23)17-27-25(13-15-29(39)31(27)35)33-37(43)34(38(33)44)26-14-16-30-32-28(26)18-22-10-6-8-12-24(22)36(32)42(4)20-40(30)2/h5-18,33-34,37-38,43-44H,19-20H2,1-4H3. The SMILES string of the molecule is CN1CN(C)c2c3ccccc3cc3c(C4C(O)C(c5ccc6c7c(c8ccccc8cc57)N(C)CN6C)C4O)ccc1c23. The van der Waals surface area contributed by atoms with E-state index in [9.17, 15) is 10.2 Å². The zero-order valence-electron chi connectivity index (χ0n) is 25.5. The zero-order chi connectivity index (χ0) is 30.0. The van der Waals surface area contributed by atoms with Crippen LogP contribution in [-0.4, -0.2) is 63.9 Å². The van der Waals surface area contributed by atoms with E-state index in [2.05, 4.69) is 133 Å². The Morgan fingerprint density at radius 3 is 1.34 bits per heavy atom. The molecule has 220 valence electrons. The van der Waals surface area contributed by atoms with Gasteiger partial charge in [0.25, 0.3) is 0 Å². The average molecular weight is 581 g/mol. The lowest BCUT2D eigenvalue weighted by Gasteiger charge is -2.48. The molecule has 1 aliphatic carbocycles. The van der Waals surface area contributed by atoms with Crippen molar-refractivity contribution in [1.82, 2.24) is 0 Å². The third kappa shape index (κ3) is 3.27. The van der Waals surface area contributed by atoms with Crippen LogP contribution in [0.1, 0.15) is 23.0 Å². The Hall–Kier alpha value is -4.52. The molecule has 0 aromatic heterocycles. The maximum absolute atomic E-state index is 12.0. The maximum atomic E-state index is 12.0. The van der Waals surface area contributed by atoms with Crippen molar-refractivity contribution in [2.24, 2.45) is 0 Å². The molecule has 6 nitrogen and oxygen atoms in total. The van der Waals surface area contributed by atoms with Crippen LogP contribution in [0.5, 0.6) is 0 Å². The molecule has 1 fully saturated rings. The maximum Gasteiger partial charge on any atom is 0.0897 e. The summed E-state index contributed by atoms with van der Waals surface area (Å²) < 4.78 is 0. The molecular weight excluding hydrogens is 544 g/mol. The lowest BCUT2D eigenvalue weighted by atomic mass is 9.62. The highest BCUT2D eigenvalue weighted by molar-refractivity contribution is 6.19. The Kier molecular flexibility index (Phi) is 5.31. The van der Waals surface area contributed by atoms with Crippen LogP contribution in [0.25, 0.3) is 43.1 Å². The summed E-state index contributed by atoms with van der Waals surface area (Å²) in [5, 5.41) is 33.5. The molecule has 9 rings (SSSR count). The Morgan fingerprint density at radius 1 is 0.500 bits per heavy atom. The normalized spacial score (nSPS) is 22.9. The van der Waals surface area contributed by atoms with Crippen LogP contribution >= 0.6 is 0 Å². The van der Waals surface area contributed by atoms with Gasteiger partial charge < -0.3 is 29.8 Å². The van der Waals surface area contributed by atoms with Crippen LogP contribution in [0, 0.1) is 0 Å². The van der Waals surface area contributed by atoms with Gasteiger partial charge in [-0.05, 0) is 56.9 Å². The first-order valence-corrected chi connectivity index (χ1v) is 15.5. The molecule has 2 N–H and O–H groups in total. The van der Waals surface area contributed by atoms with Crippen molar-refractivity contribution in [3.8, 4) is 0 Å². The Bertz CT molecular complexity index is 2010. The van der Waals surface area contributed by atoms with Crippen LogP contribution in [-0.2, 0) is 0 Å². The minimum Gasteiger partial charge on any atom is -0.392 e. The number of rotatable bonds is 2. The number of aliphatic hydroxyl groups is 2. The molecule has 0 bridgehead atoms. The number of anilines is 4. The van der Waals surface area contributed by atoms with E-state index < -0.39 is 12.2 Å². The van der Waals surface area contributed by atoms with E-state index in [1.54, 1.807) is 0 Å². The second kappa shape index (κ2) is 9.00. The van der Waals surface area contributed by atoms with Crippen molar-refractivity contribution in [2.45, 2.75) is 24.0 Å².